The number of aliphatic hydroxyl groups is 1. The molecule has 2 heterocycles. The summed E-state index contributed by atoms with van der Waals surface area (Å²) < 4.78 is 0. The van der Waals surface area contributed by atoms with Crippen LogP contribution in [0.2, 0.25) is 0 Å². The Kier molecular flexibility index (Phi) is 3.49. The highest BCUT2D eigenvalue weighted by Gasteiger charge is 2.30. The van der Waals surface area contributed by atoms with Gasteiger partial charge in [-0.1, -0.05) is 25.1 Å². The van der Waals surface area contributed by atoms with Crippen LogP contribution in [0.1, 0.15) is 18.9 Å². The number of hydrogen-bond donors (Lipinski definition) is 1. The maximum atomic E-state index is 9.54. The number of likely N-dealkylation sites (tertiary alicyclic amines) is 1. The lowest BCUT2D eigenvalue weighted by atomic mass is 10.0. The minimum absolute atomic E-state index is 0.254. The van der Waals surface area contributed by atoms with Gasteiger partial charge in [-0.3, -0.25) is 9.88 Å². The summed E-state index contributed by atoms with van der Waals surface area (Å²) >= 11 is 0. The van der Waals surface area contributed by atoms with E-state index >= 15 is 0 Å². The summed E-state index contributed by atoms with van der Waals surface area (Å²) in [5.41, 5.74) is 2.35. The quantitative estimate of drug-likeness (QED) is 0.916. The van der Waals surface area contributed by atoms with Crippen molar-refractivity contribution in [1.29, 1.82) is 0 Å². The van der Waals surface area contributed by atoms with Crippen LogP contribution in [0, 0.1) is 5.92 Å². The van der Waals surface area contributed by atoms with Gasteiger partial charge in [0.25, 0.3) is 0 Å². The van der Waals surface area contributed by atoms with Crippen molar-refractivity contribution < 1.29 is 5.11 Å². The molecule has 0 aliphatic carbocycles. The molecule has 0 amide bonds. The molecule has 1 saturated heterocycles. The summed E-state index contributed by atoms with van der Waals surface area (Å²) in [6, 6.07) is 10.7. The summed E-state index contributed by atoms with van der Waals surface area (Å²) in [4.78, 5) is 6.80. The summed E-state index contributed by atoms with van der Waals surface area (Å²) in [6.07, 6.45) is 3.05. The zero-order valence-electron chi connectivity index (χ0n) is 11.3. The van der Waals surface area contributed by atoms with Crippen molar-refractivity contribution in [1.82, 2.24) is 9.88 Å². The minimum atomic E-state index is 0.254. The van der Waals surface area contributed by atoms with Crippen LogP contribution in [-0.4, -0.2) is 34.2 Å². The molecule has 3 heteroatoms. The Bertz CT molecular complexity index is 564. The lowest BCUT2D eigenvalue weighted by Crippen LogP contribution is -2.34. The van der Waals surface area contributed by atoms with E-state index in [2.05, 4.69) is 41.1 Å². The molecule has 0 saturated carbocycles. The molecule has 19 heavy (non-hydrogen) atoms. The molecule has 0 spiro atoms. The molecule has 1 aromatic carbocycles. The second-order valence-electron chi connectivity index (χ2n) is 5.47. The van der Waals surface area contributed by atoms with Gasteiger partial charge >= 0.3 is 0 Å². The first-order valence-electron chi connectivity index (χ1n) is 6.97. The van der Waals surface area contributed by atoms with E-state index in [1.54, 1.807) is 0 Å². The Morgan fingerprint density at radius 3 is 3.00 bits per heavy atom. The molecule has 3 nitrogen and oxygen atoms in total. The van der Waals surface area contributed by atoms with Gasteiger partial charge in [0.2, 0.25) is 0 Å². The molecule has 0 bridgehead atoms. The van der Waals surface area contributed by atoms with Crippen LogP contribution in [0.15, 0.2) is 36.5 Å². The van der Waals surface area contributed by atoms with E-state index in [-0.39, 0.29) is 6.61 Å². The first-order chi connectivity index (χ1) is 9.29. The van der Waals surface area contributed by atoms with E-state index in [9.17, 15) is 5.11 Å². The van der Waals surface area contributed by atoms with Crippen LogP contribution in [0.5, 0.6) is 0 Å². The number of fused-ring (bicyclic) bond motifs is 1. The fraction of sp³-hybridized carbons (Fsp3) is 0.438. The van der Waals surface area contributed by atoms with Gasteiger partial charge in [-0.2, -0.15) is 0 Å². The van der Waals surface area contributed by atoms with Gasteiger partial charge in [0.05, 0.1) is 12.1 Å². The summed E-state index contributed by atoms with van der Waals surface area (Å²) in [6.45, 7) is 4.46. The van der Waals surface area contributed by atoms with E-state index < -0.39 is 0 Å². The first kappa shape index (κ1) is 12.6. The SMILES string of the molecule is CC1CCN(Cc2ccnc3ccccc23)C1CO. The van der Waals surface area contributed by atoms with E-state index in [1.165, 1.54) is 17.4 Å². The van der Waals surface area contributed by atoms with Crippen molar-refractivity contribution in [3.8, 4) is 0 Å². The Morgan fingerprint density at radius 1 is 1.32 bits per heavy atom. The monoisotopic (exact) mass is 256 g/mol. The van der Waals surface area contributed by atoms with E-state index in [0.29, 0.717) is 12.0 Å². The fourth-order valence-electron chi connectivity index (χ4n) is 3.09. The fourth-order valence-corrected chi connectivity index (χ4v) is 3.09. The molecule has 2 unspecified atom stereocenters. The predicted octanol–water partition coefficient (Wildman–Crippen LogP) is 2.44. The van der Waals surface area contributed by atoms with Crippen LogP contribution in [0.3, 0.4) is 0 Å². The number of rotatable bonds is 3. The number of aromatic nitrogens is 1. The number of hydrogen-bond acceptors (Lipinski definition) is 3. The Balaban J connectivity index is 1.89. The van der Waals surface area contributed by atoms with Crippen LogP contribution in [-0.2, 0) is 6.54 Å². The lowest BCUT2D eigenvalue weighted by Gasteiger charge is -2.25. The van der Waals surface area contributed by atoms with Gasteiger partial charge in [-0.15, -0.1) is 0 Å². The van der Waals surface area contributed by atoms with Crippen LogP contribution >= 0.6 is 0 Å². The lowest BCUT2D eigenvalue weighted by molar-refractivity contribution is 0.134. The maximum Gasteiger partial charge on any atom is 0.0705 e. The largest absolute Gasteiger partial charge is 0.395 e. The highest BCUT2D eigenvalue weighted by molar-refractivity contribution is 5.81. The smallest absolute Gasteiger partial charge is 0.0705 e. The van der Waals surface area contributed by atoms with Crippen LogP contribution in [0.4, 0.5) is 0 Å². The van der Waals surface area contributed by atoms with Gasteiger partial charge in [0, 0.05) is 24.2 Å². The molecule has 1 aliphatic heterocycles. The van der Waals surface area contributed by atoms with Crippen molar-refractivity contribution in [2.75, 3.05) is 13.2 Å². The molecule has 1 N–H and O–H groups in total. The van der Waals surface area contributed by atoms with Gasteiger partial charge in [0.15, 0.2) is 0 Å². The van der Waals surface area contributed by atoms with Crippen molar-refractivity contribution in [2.45, 2.75) is 25.9 Å². The molecule has 3 rings (SSSR count). The molecule has 2 atom stereocenters. The average molecular weight is 256 g/mol. The number of pyridine rings is 1. The molecule has 2 aromatic rings. The molecule has 1 aliphatic rings. The second kappa shape index (κ2) is 5.27. The standard InChI is InChI=1S/C16H20N2O/c1-12-7-9-18(16(12)11-19)10-13-6-8-17-15-5-3-2-4-14(13)15/h2-6,8,12,16,19H,7,9-11H2,1H3. The predicted molar refractivity (Wildman–Crippen MR) is 76.8 cm³/mol. The molecular formula is C16H20N2O. The third-order valence-electron chi connectivity index (χ3n) is 4.30. The Labute approximate surface area is 113 Å². The number of para-hydroxylation sites is 1. The number of benzene rings is 1. The van der Waals surface area contributed by atoms with Crippen molar-refractivity contribution in [2.24, 2.45) is 5.92 Å². The first-order valence-corrected chi connectivity index (χ1v) is 6.97. The zero-order chi connectivity index (χ0) is 13.2. The van der Waals surface area contributed by atoms with E-state index in [1.807, 2.05) is 12.3 Å². The highest BCUT2D eigenvalue weighted by atomic mass is 16.3. The normalized spacial score (nSPS) is 24.1. The molecule has 0 radical (unpaired) electrons. The number of nitrogens with zero attached hydrogens (tertiary/aromatic N) is 2. The summed E-state index contributed by atoms with van der Waals surface area (Å²) in [5, 5.41) is 10.8. The molecule has 1 aromatic heterocycles. The van der Waals surface area contributed by atoms with E-state index in [0.717, 1.165) is 18.6 Å². The van der Waals surface area contributed by atoms with Gasteiger partial charge in [-0.25, -0.2) is 0 Å². The minimum Gasteiger partial charge on any atom is -0.395 e. The van der Waals surface area contributed by atoms with Gasteiger partial charge in [-0.05, 0) is 36.6 Å². The molecule has 1 fully saturated rings. The Morgan fingerprint density at radius 2 is 2.16 bits per heavy atom. The Hall–Kier alpha value is -1.45. The van der Waals surface area contributed by atoms with Gasteiger partial charge < -0.3 is 5.11 Å². The summed E-state index contributed by atoms with van der Waals surface area (Å²) in [7, 11) is 0. The average Bonchev–Trinajstić information content (AvgIpc) is 2.79. The second-order valence-corrected chi connectivity index (χ2v) is 5.47. The van der Waals surface area contributed by atoms with E-state index in [4.69, 9.17) is 0 Å². The maximum absolute atomic E-state index is 9.54. The topological polar surface area (TPSA) is 36.4 Å². The van der Waals surface area contributed by atoms with Crippen molar-refractivity contribution >= 4 is 10.9 Å². The van der Waals surface area contributed by atoms with Crippen molar-refractivity contribution in [3.05, 3.63) is 42.1 Å². The molecular weight excluding hydrogens is 236 g/mol. The van der Waals surface area contributed by atoms with Crippen LogP contribution in [0.25, 0.3) is 10.9 Å². The third-order valence-corrected chi connectivity index (χ3v) is 4.30. The summed E-state index contributed by atoms with van der Waals surface area (Å²) in [5.74, 6) is 0.582. The molecule has 100 valence electrons. The zero-order valence-corrected chi connectivity index (χ0v) is 11.3. The highest BCUT2D eigenvalue weighted by Crippen LogP contribution is 2.27. The number of aliphatic hydroxyl groups excluding tert-OH is 1. The van der Waals surface area contributed by atoms with Gasteiger partial charge in [0.1, 0.15) is 0 Å². The third kappa shape index (κ3) is 2.36. The van der Waals surface area contributed by atoms with Crippen molar-refractivity contribution in [3.63, 3.8) is 0 Å². The van der Waals surface area contributed by atoms with Crippen LogP contribution < -0.4 is 0 Å².